The highest BCUT2D eigenvalue weighted by Gasteiger charge is 2.30. The van der Waals surface area contributed by atoms with Gasteiger partial charge in [-0.2, -0.15) is 11.8 Å². The predicted molar refractivity (Wildman–Crippen MR) is 66.9 cm³/mol. The lowest BCUT2D eigenvalue weighted by Gasteiger charge is -2.37. The maximum atomic E-state index is 11.8. The van der Waals surface area contributed by atoms with Gasteiger partial charge in [0.05, 0.1) is 0 Å². The molecule has 1 N–H and O–H groups in total. The van der Waals surface area contributed by atoms with Crippen molar-refractivity contribution in [2.24, 2.45) is 0 Å². The lowest BCUT2D eigenvalue weighted by molar-refractivity contribution is -0.119. The van der Waals surface area contributed by atoms with Gasteiger partial charge in [-0.15, -0.1) is 11.6 Å². The number of thioether (sulfide) groups is 1. The molecular formula is C10H17ClN2O2S. The third-order valence-corrected chi connectivity index (χ3v) is 4.27. The van der Waals surface area contributed by atoms with E-state index in [1.807, 2.05) is 18.7 Å². The lowest BCUT2D eigenvalue weighted by Crippen LogP contribution is -2.53. The van der Waals surface area contributed by atoms with E-state index in [9.17, 15) is 9.59 Å². The van der Waals surface area contributed by atoms with Crippen LogP contribution in [0.25, 0.3) is 0 Å². The van der Waals surface area contributed by atoms with Crippen LogP contribution in [0.3, 0.4) is 0 Å². The topological polar surface area (TPSA) is 49.4 Å². The number of carbonyl (C=O) groups is 2. The largest absolute Gasteiger partial charge is 0.324 e. The molecule has 1 aliphatic rings. The van der Waals surface area contributed by atoms with Crippen LogP contribution in [0.5, 0.6) is 0 Å². The van der Waals surface area contributed by atoms with Crippen molar-refractivity contribution >= 4 is 35.3 Å². The van der Waals surface area contributed by atoms with Gasteiger partial charge >= 0.3 is 6.03 Å². The number of rotatable bonds is 1. The van der Waals surface area contributed by atoms with E-state index < -0.39 is 11.3 Å². The van der Waals surface area contributed by atoms with E-state index in [1.165, 1.54) is 0 Å². The highest BCUT2D eigenvalue weighted by Crippen LogP contribution is 2.23. The van der Waals surface area contributed by atoms with Crippen LogP contribution in [0.15, 0.2) is 0 Å². The van der Waals surface area contributed by atoms with Crippen molar-refractivity contribution in [1.29, 1.82) is 0 Å². The van der Waals surface area contributed by atoms with Gasteiger partial charge in [-0.05, 0) is 13.8 Å². The van der Waals surface area contributed by atoms with Gasteiger partial charge in [-0.1, -0.05) is 6.92 Å². The number of urea groups is 1. The van der Waals surface area contributed by atoms with Gasteiger partial charge in [0.1, 0.15) is 5.38 Å². The van der Waals surface area contributed by atoms with Crippen LogP contribution < -0.4 is 5.32 Å². The van der Waals surface area contributed by atoms with Crippen molar-refractivity contribution in [1.82, 2.24) is 10.2 Å². The molecular weight excluding hydrogens is 248 g/mol. The molecule has 0 aromatic heterocycles. The summed E-state index contributed by atoms with van der Waals surface area (Å²) in [5.41, 5.74) is 0. The number of halogens is 1. The van der Waals surface area contributed by atoms with Gasteiger partial charge in [-0.25, -0.2) is 4.79 Å². The molecule has 1 rings (SSSR count). The second kappa shape index (κ2) is 5.77. The van der Waals surface area contributed by atoms with E-state index in [2.05, 4.69) is 12.2 Å². The molecule has 3 unspecified atom stereocenters. The summed E-state index contributed by atoms with van der Waals surface area (Å²) in [7, 11) is 0. The van der Waals surface area contributed by atoms with Crippen molar-refractivity contribution < 1.29 is 9.59 Å². The summed E-state index contributed by atoms with van der Waals surface area (Å²) in [5, 5.41) is 2.01. The lowest BCUT2D eigenvalue weighted by atomic mass is 10.2. The molecule has 0 saturated carbocycles. The first-order valence-corrected chi connectivity index (χ1v) is 6.79. The van der Waals surface area contributed by atoms with Crippen LogP contribution in [-0.4, -0.2) is 45.8 Å². The van der Waals surface area contributed by atoms with Crippen LogP contribution in [0, 0.1) is 0 Å². The number of carbonyl (C=O) groups excluding carboxylic acids is 2. The SMILES string of the molecule is CC(Cl)C(=O)NC(=O)N1CCSC(C)C1C. The molecule has 0 aromatic rings. The number of hydrogen-bond donors (Lipinski definition) is 1. The Morgan fingerprint density at radius 3 is 2.69 bits per heavy atom. The molecule has 0 spiro atoms. The van der Waals surface area contributed by atoms with Crippen molar-refractivity contribution in [2.75, 3.05) is 12.3 Å². The Bertz CT molecular complexity index is 286. The number of hydrogen-bond acceptors (Lipinski definition) is 3. The standard InChI is InChI=1S/C10H17ClN2O2S/c1-6(11)9(14)12-10(15)13-4-5-16-8(3)7(13)2/h6-8H,4-5H2,1-3H3,(H,12,14,15). The Balaban J connectivity index is 2.56. The first kappa shape index (κ1) is 13.6. The van der Waals surface area contributed by atoms with Crippen LogP contribution >= 0.6 is 23.4 Å². The van der Waals surface area contributed by atoms with Crippen molar-refractivity contribution in [3.05, 3.63) is 0 Å². The minimum Gasteiger partial charge on any atom is -0.320 e. The second-order valence-electron chi connectivity index (χ2n) is 3.92. The van der Waals surface area contributed by atoms with E-state index in [0.29, 0.717) is 11.8 Å². The Morgan fingerprint density at radius 2 is 2.12 bits per heavy atom. The van der Waals surface area contributed by atoms with E-state index >= 15 is 0 Å². The monoisotopic (exact) mass is 264 g/mol. The van der Waals surface area contributed by atoms with E-state index in [0.717, 1.165) is 5.75 Å². The van der Waals surface area contributed by atoms with Gasteiger partial charge in [0.15, 0.2) is 0 Å². The molecule has 1 fully saturated rings. The van der Waals surface area contributed by atoms with Gasteiger partial charge in [0, 0.05) is 23.6 Å². The van der Waals surface area contributed by atoms with Crippen LogP contribution in [0.4, 0.5) is 4.79 Å². The Hall–Kier alpha value is -0.420. The molecule has 92 valence electrons. The van der Waals surface area contributed by atoms with Crippen LogP contribution in [0.2, 0.25) is 0 Å². The number of nitrogens with zero attached hydrogens (tertiary/aromatic N) is 1. The number of imide groups is 1. The molecule has 0 aromatic carbocycles. The predicted octanol–water partition coefficient (Wildman–Crippen LogP) is 1.68. The fourth-order valence-corrected chi connectivity index (χ4v) is 2.65. The third-order valence-electron chi connectivity index (χ3n) is 2.74. The van der Waals surface area contributed by atoms with Crippen molar-refractivity contribution in [3.8, 4) is 0 Å². The van der Waals surface area contributed by atoms with E-state index in [1.54, 1.807) is 11.8 Å². The molecule has 6 heteroatoms. The molecule has 3 atom stereocenters. The average molecular weight is 265 g/mol. The second-order valence-corrected chi connectivity index (χ2v) is 6.06. The molecule has 1 heterocycles. The normalized spacial score (nSPS) is 27.4. The minimum atomic E-state index is -0.684. The Kier molecular flexibility index (Phi) is 4.92. The molecule has 1 aliphatic heterocycles. The van der Waals surface area contributed by atoms with Crippen LogP contribution in [-0.2, 0) is 4.79 Å². The molecule has 16 heavy (non-hydrogen) atoms. The highest BCUT2D eigenvalue weighted by molar-refractivity contribution is 8.00. The van der Waals surface area contributed by atoms with Gasteiger partial charge in [-0.3, -0.25) is 10.1 Å². The van der Waals surface area contributed by atoms with E-state index in [-0.39, 0.29) is 12.1 Å². The molecule has 0 radical (unpaired) electrons. The van der Waals surface area contributed by atoms with Gasteiger partial charge in [0.25, 0.3) is 0 Å². The maximum absolute atomic E-state index is 11.8. The molecule has 1 saturated heterocycles. The molecule has 4 nitrogen and oxygen atoms in total. The summed E-state index contributed by atoms with van der Waals surface area (Å²) in [6, 6.07) is -0.200. The zero-order valence-corrected chi connectivity index (χ0v) is 11.3. The summed E-state index contributed by atoms with van der Waals surface area (Å²) in [6.45, 7) is 6.29. The number of amides is 3. The molecule has 3 amide bonds. The minimum absolute atomic E-state index is 0.136. The van der Waals surface area contributed by atoms with Gasteiger partial charge in [0.2, 0.25) is 5.91 Å². The van der Waals surface area contributed by atoms with Crippen molar-refractivity contribution in [3.63, 3.8) is 0 Å². The summed E-state index contributed by atoms with van der Waals surface area (Å²) < 4.78 is 0. The zero-order valence-electron chi connectivity index (χ0n) is 9.70. The summed E-state index contributed by atoms with van der Waals surface area (Å²) in [4.78, 5) is 24.8. The van der Waals surface area contributed by atoms with Crippen molar-refractivity contribution in [2.45, 2.75) is 37.4 Å². The fourth-order valence-electron chi connectivity index (χ4n) is 1.50. The van der Waals surface area contributed by atoms with Crippen LogP contribution in [0.1, 0.15) is 20.8 Å². The highest BCUT2D eigenvalue weighted by atomic mass is 35.5. The first-order chi connectivity index (χ1) is 7.43. The average Bonchev–Trinajstić information content (AvgIpc) is 2.21. The quantitative estimate of drug-likeness (QED) is 0.733. The third kappa shape index (κ3) is 3.28. The molecule has 0 bridgehead atoms. The Labute approximate surface area is 105 Å². The summed E-state index contributed by atoms with van der Waals surface area (Å²) in [5.74, 6) is 0.466. The van der Waals surface area contributed by atoms with E-state index in [4.69, 9.17) is 11.6 Å². The smallest absolute Gasteiger partial charge is 0.320 e. The summed E-state index contributed by atoms with van der Waals surface area (Å²) in [6.07, 6.45) is 0. The zero-order chi connectivity index (χ0) is 12.3. The van der Waals surface area contributed by atoms with Gasteiger partial charge < -0.3 is 4.90 Å². The fraction of sp³-hybridized carbons (Fsp3) is 0.800. The summed E-state index contributed by atoms with van der Waals surface area (Å²) >= 11 is 7.43. The first-order valence-electron chi connectivity index (χ1n) is 5.30. The Morgan fingerprint density at radius 1 is 1.50 bits per heavy atom. The maximum Gasteiger partial charge on any atom is 0.324 e. The number of alkyl halides is 1. The molecule has 0 aliphatic carbocycles. The number of nitrogens with one attached hydrogen (secondary N) is 1.